The van der Waals surface area contributed by atoms with E-state index in [1.165, 1.54) is 11.1 Å². The van der Waals surface area contributed by atoms with Crippen molar-refractivity contribution in [3.8, 4) is 0 Å². The van der Waals surface area contributed by atoms with Crippen LogP contribution in [-0.4, -0.2) is 70.4 Å². The molecular weight excluding hydrogens is 569 g/mol. The molecule has 0 unspecified atom stereocenters. The molecule has 2 aromatic rings. The number of hydrogen-bond donors (Lipinski definition) is 2. The lowest BCUT2D eigenvalue weighted by molar-refractivity contribution is 0.133. The molecule has 0 atom stereocenters. The van der Waals surface area contributed by atoms with Crippen LogP contribution in [0.2, 0.25) is 0 Å². The van der Waals surface area contributed by atoms with Gasteiger partial charge >= 0.3 is 12.2 Å². The van der Waals surface area contributed by atoms with Crippen molar-refractivity contribution < 1.29 is 19.1 Å². The van der Waals surface area contributed by atoms with Gasteiger partial charge in [0.2, 0.25) is 0 Å². The predicted molar refractivity (Wildman–Crippen MR) is 171 cm³/mol. The fourth-order valence-corrected chi connectivity index (χ4v) is 8.29. The van der Waals surface area contributed by atoms with Crippen molar-refractivity contribution in [2.45, 2.75) is 18.6 Å². The summed E-state index contributed by atoms with van der Waals surface area (Å²) in [6.07, 6.45) is -0.321. The number of carbonyl (C=O) groups excluding carboxylic acids is 2. The van der Waals surface area contributed by atoms with Crippen LogP contribution in [0.5, 0.6) is 0 Å². The largest absolute Gasteiger partial charge is 0.444 e. The number of carbonyl (C=O) groups is 2. The smallest absolute Gasteiger partial charge is 0.411 e. The summed E-state index contributed by atoms with van der Waals surface area (Å²) >= 11 is 7.04. The standard InChI is InChI=1S/C29H34N2O4S4/c1-20-12-36-16-26(17-37-13-20)34-28(32)30-24-7-3-22(4-8-24)11-23-5-9-25(10-6-23)31-29(33)35-27-18-38-14-21(2)15-39-19-27/h3-10,26-27H,1-2,11-19H2,(H,30,32)(H,31,33). The average molecular weight is 603 g/mol. The Bertz CT molecular complexity index is 1030. The maximum Gasteiger partial charge on any atom is 0.411 e. The van der Waals surface area contributed by atoms with Crippen molar-refractivity contribution >= 4 is 70.6 Å². The molecule has 6 nitrogen and oxygen atoms in total. The summed E-state index contributed by atoms with van der Waals surface area (Å²) in [5.74, 6) is 6.78. The third kappa shape index (κ3) is 10.7. The summed E-state index contributed by atoms with van der Waals surface area (Å²) < 4.78 is 11.2. The Kier molecular flexibility index (Phi) is 11.9. The first-order valence-electron chi connectivity index (χ1n) is 12.7. The third-order valence-electron chi connectivity index (χ3n) is 5.80. The minimum Gasteiger partial charge on any atom is -0.444 e. The van der Waals surface area contributed by atoms with E-state index in [-0.39, 0.29) is 12.2 Å². The number of amides is 2. The van der Waals surface area contributed by atoms with Crippen LogP contribution in [0.4, 0.5) is 21.0 Å². The summed E-state index contributed by atoms with van der Waals surface area (Å²) in [5.41, 5.74) is 6.09. The van der Waals surface area contributed by atoms with Gasteiger partial charge in [0.15, 0.2) is 0 Å². The zero-order chi connectivity index (χ0) is 27.5. The van der Waals surface area contributed by atoms with Gasteiger partial charge in [0.25, 0.3) is 0 Å². The Morgan fingerprint density at radius 1 is 0.641 bits per heavy atom. The molecule has 10 heteroatoms. The van der Waals surface area contributed by atoms with Crippen molar-refractivity contribution in [1.82, 2.24) is 0 Å². The van der Waals surface area contributed by atoms with Gasteiger partial charge < -0.3 is 9.47 Å². The number of rotatable bonds is 6. The van der Waals surface area contributed by atoms with E-state index in [1.807, 2.05) is 48.5 Å². The second-order valence-corrected chi connectivity index (χ2v) is 13.6. The second-order valence-electron chi connectivity index (χ2n) is 9.44. The molecule has 2 aromatic carbocycles. The average Bonchev–Trinajstić information content (AvgIpc) is 2.88. The Morgan fingerprint density at radius 3 is 1.31 bits per heavy atom. The molecule has 0 aromatic heterocycles. The quantitative estimate of drug-likeness (QED) is 0.337. The SMILES string of the molecule is C=C1CSCC(OC(=O)Nc2ccc(Cc3ccc(NC(=O)OC4CSCC(=C)CSC4)cc3)cc2)CSC1. The molecule has 2 saturated heterocycles. The van der Waals surface area contributed by atoms with Crippen LogP contribution in [0.15, 0.2) is 72.8 Å². The van der Waals surface area contributed by atoms with E-state index in [4.69, 9.17) is 9.47 Å². The molecule has 0 aliphatic carbocycles. The Labute approximate surface area is 247 Å². The van der Waals surface area contributed by atoms with Crippen LogP contribution in [0.25, 0.3) is 0 Å². The highest BCUT2D eigenvalue weighted by molar-refractivity contribution is 8.01. The number of hydrogen-bond acceptors (Lipinski definition) is 8. The number of ether oxygens (including phenoxy) is 2. The first-order valence-corrected chi connectivity index (χ1v) is 17.3. The van der Waals surface area contributed by atoms with E-state index in [1.54, 1.807) is 47.0 Å². The zero-order valence-corrected chi connectivity index (χ0v) is 25.1. The number of benzene rings is 2. The van der Waals surface area contributed by atoms with Crippen LogP contribution in [-0.2, 0) is 15.9 Å². The molecule has 2 amide bonds. The highest BCUT2D eigenvalue weighted by Crippen LogP contribution is 2.23. The van der Waals surface area contributed by atoms with Crippen LogP contribution in [0, 0.1) is 0 Å². The fraction of sp³-hybridized carbons (Fsp3) is 0.379. The Balaban J connectivity index is 1.20. The molecule has 4 rings (SSSR count). The molecular formula is C29H34N2O4S4. The van der Waals surface area contributed by atoms with Crippen molar-refractivity contribution in [3.05, 3.63) is 84.0 Å². The van der Waals surface area contributed by atoms with Crippen molar-refractivity contribution in [2.24, 2.45) is 0 Å². The molecule has 39 heavy (non-hydrogen) atoms. The maximum absolute atomic E-state index is 12.4. The summed E-state index contributed by atoms with van der Waals surface area (Å²) in [6.45, 7) is 8.09. The first-order chi connectivity index (χ1) is 18.9. The highest BCUT2D eigenvalue weighted by atomic mass is 32.2. The van der Waals surface area contributed by atoms with Gasteiger partial charge in [-0.3, -0.25) is 10.6 Å². The summed E-state index contributed by atoms with van der Waals surface area (Å²) in [6, 6.07) is 15.5. The van der Waals surface area contributed by atoms with Crippen LogP contribution < -0.4 is 10.6 Å². The lowest BCUT2D eigenvalue weighted by atomic mass is 10.0. The second kappa shape index (κ2) is 15.6. The van der Waals surface area contributed by atoms with Crippen molar-refractivity contribution in [2.75, 3.05) is 56.7 Å². The van der Waals surface area contributed by atoms with Crippen LogP contribution in [0.1, 0.15) is 11.1 Å². The lowest BCUT2D eigenvalue weighted by Gasteiger charge is -2.20. The monoisotopic (exact) mass is 602 g/mol. The number of thioether (sulfide) groups is 4. The van der Waals surface area contributed by atoms with Gasteiger partial charge in [-0.15, -0.1) is 0 Å². The van der Waals surface area contributed by atoms with E-state index >= 15 is 0 Å². The molecule has 2 fully saturated rings. The van der Waals surface area contributed by atoms with Crippen molar-refractivity contribution in [3.63, 3.8) is 0 Å². The summed E-state index contributed by atoms with van der Waals surface area (Å²) in [5, 5.41) is 5.67. The highest BCUT2D eigenvalue weighted by Gasteiger charge is 2.19. The minimum atomic E-state index is -0.423. The van der Waals surface area contributed by atoms with Gasteiger partial charge in [-0.25, -0.2) is 9.59 Å². The van der Waals surface area contributed by atoms with E-state index in [0.717, 1.165) is 63.6 Å². The Hall–Kier alpha value is -2.14. The summed E-state index contributed by atoms with van der Waals surface area (Å²) in [7, 11) is 0. The van der Waals surface area contributed by atoms with Crippen molar-refractivity contribution in [1.29, 1.82) is 0 Å². The van der Waals surface area contributed by atoms with Gasteiger partial charge in [-0.2, -0.15) is 47.0 Å². The molecule has 0 radical (unpaired) electrons. The van der Waals surface area contributed by atoms with Gasteiger partial charge in [-0.1, -0.05) is 48.6 Å². The van der Waals surface area contributed by atoms with E-state index in [0.29, 0.717) is 11.4 Å². The van der Waals surface area contributed by atoms with E-state index in [2.05, 4.69) is 23.8 Å². The van der Waals surface area contributed by atoms with Gasteiger partial charge in [0.1, 0.15) is 12.2 Å². The molecule has 0 saturated carbocycles. The van der Waals surface area contributed by atoms with Crippen LogP contribution in [0.3, 0.4) is 0 Å². The maximum atomic E-state index is 12.4. The van der Waals surface area contributed by atoms with E-state index < -0.39 is 12.2 Å². The number of nitrogens with one attached hydrogen (secondary N) is 2. The molecule has 0 bridgehead atoms. The molecule has 2 aliphatic rings. The molecule has 2 aliphatic heterocycles. The molecule has 2 N–H and O–H groups in total. The summed E-state index contributed by atoms with van der Waals surface area (Å²) in [4.78, 5) is 24.7. The van der Waals surface area contributed by atoms with Crippen LogP contribution >= 0.6 is 47.0 Å². The zero-order valence-electron chi connectivity index (χ0n) is 21.8. The Morgan fingerprint density at radius 2 is 0.974 bits per heavy atom. The molecule has 2 heterocycles. The topological polar surface area (TPSA) is 76.7 Å². The predicted octanol–water partition coefficient (Wildman–Crippen LogP) is 7.18. The third-order valence-corrected chi connectivity index (χ3v) is 10.7. The van der Waals surface area contributed by atoms with Gasteiger partial charge in [0.05, 0.1) is 0 Å². The minimum absolute atomic E-state index is 0.105. The first kappa shape index (κ1) is 29.8. The lowest BCUT2D eigenvalue weighted by Crippen LogP contribution is -2.27. The van der Waals surface area contributed by atoms with Gasteiger partial charge in [0, 0.05) is 57.4 Å². The molecule has 0 spiro atoms. The normalized spacial score (nSPS) is 17.7. The van der Waals surface area contributed by atoms with Gasteiger partial charge in [-0.05, 0) is 41.8 Å². The number of anilines is 2. The fourth-order valence-electron chi connectivity index (χ4n) is 3.90. The molecule has 208 valence electrons. The van der Waals surface area contributed by atoms with E-state index in [9.17, 15) is 9.59 Å².